The minimum atomic E-state index is -4.46. The van der Waals surface area contributed by atoms with Crippen molar-refractivity contribution in [2.45, 2.75) is 24.7 Å². The summed E-state index contributed by atoms with van der Waals surface area (Å²) in [6, 6.07) is 2.68. The number of benzene rings is 1. The number of morpholine rings is 1. The van der Waals surface area contributed by atoms with Crippen molar-refractivity contribution in [3.05, 3.63) is 28.8 Å². The van der Waals surface area contributed by atoms with Crippen LogP contribution in [0, 0.1) is 5.92 Å². The first-order chi connectivity index (χ1) is 14.2. The van der Waals surface area contributed by atoms with Crippen LogP contribution in [0.5, 0.6) is 5.75 Å². The third-order valence-corrected chi connectivity index (χ3v) is 5.85. The molecule has 1 aromatic rings. The molecule has 7 nitrogen and oxygen atoms in total. The number of fused-ring (bicyclic) bond motifs is 1. The summed E-state index contributed by atoms with van der Waals surface area (Å²) in [5.41, 5.74) is -0.830. The molecule has 0 radical (unpaired) electrons. The van der Waals surface area contributed by atoms with Crippen LogP contribution < -0.4 is 10.1 Å². The van der Waals surface area contributed by atoms with E-state index in [0.29, 0.717) is 32.6 Å². The predicted octanol–water partition coefficient (Wildman–Crippen LogP) is 2.38. The van der Waals surface area contributed by atoms with Crippen LogP contribution in [0.1, 0.15) is 12.0 Å². The SMILES string of the molecule is O=C1CO[C@H]2CCN(C(=O)N3CC(COc4ccc(C(F)(F)F)cc4Cl)C3)C[C@H]2N1. The number of carbonyl (C=O) groups is 2. The van der Waals surface area contributed by atoms with Crippen LogP contribution >= 0.6 is 11.6 Å². The first-order valence-electron chi connectivity index (χ1n) is 9.65. The summed E-state index contributed by atoms with van der Waals surface area (Å²) >= 11 is 5.89. The molecule has 0 saturated carbocycles. The molecule has 4 rings (SSSR count). The molecule has 164 valence electrons. The van der Waals surface area contributed by atoms with Crippen molar-refractivity contribution >= 4 is 23.5 Å². The zero-order valence-corrected chi connectivity index (χ0v) is 16.7. The molecule has 3 aliphatic heterocycles. The molecule has 0 spiro atoms. The third kappa shape index (κ3) is 4.44. The second-order valence-corrected chi connectivity index (χ2v) is 8.17. The Bertz CT molecular complexity index is 832. The summed E-state index contributed by atoms with van der Waals surface area (Å²) in [6.07, 6.45) is -3.85. The maximum absolute atomic E-state index is 12.7. The molecule has 0 aliphatic carbocycles. The smallest absolute Gasteiger partial charge is 0.416 e. The Morgan fingerprint density at radius 2 is 2.03 bits per heavy atom. The van der Waals surface area contributed by atoms with Crippen molar-refractivity contribution in [3.63, 3.8) is 0 Å². The van der Waals surface area contributed by atoms with Crippen molar-refractivity contribution in [1.82, 2.24) is 15.1 Å². The van der Waals surface area contributed by atoms with Gasteiger partial charge in [0, 0.05) is 32.1 Å². The molecule has 30 heavy (non-hydrogen) atoms. The van der Waals surface area contributed by atoms with Gasteiger partial charge in [0.2, 0.25) is 5.91 Å². The number of likely N-dealkylation sites (tertiary alicyclic amines) is 2. The number of rotatable bonds is 3. The van der Waals surface area contributed by atoms with Crippen molar-refractivity contribution in [3.8, 4) is 5.75 Å². The van der Waals surface area contributed by atoms with E-state index >= 15 is 0 Å². The van der Waals surface area contributed by atoms with E-state index in [0.717, 1.165) is 12.1 Å². The van der Waals surface area contributed by atoms with E-state index in [1.165, 1.54) is 6.07 Å². The lowest BCUT2D eigenvalue weighted by Gasteiger charge is -2.46. The topological polar surface area (TPSA) is 71.1 Å². The molecule has 11 heteroatoms. The molecule has 3 amide bonds. The first kappa shape index (κ1) is 21.0. The third-order valence-electron chi connectivity index (χ3n) is 5.56. The molecule has 0 aromatic heterocycles. The number of urea groups is 1. The van der Waals surface area contributed by atoms with Gasteiger partial charge < -0.3 is 24.6 Å². The lowest BCUT2D eigenvalue weighted by atomic mass is 9.99. The highest BCUT2D eigenvalue weighted by atomic mass is 35.5. The number of alkyl halides is 3. The van der Waals surface area contributed by atoms with Gasteiger partial charge in [0.05, 0.1) is 29.3 Å². The Balaban J connectivity index is 1.23. The lowest BCUT2D eigenvalue weighted by Crippen LogP contribution is -2.64. The summed E-state index contributed by atoms with van der Waals surface area (Å²) < 4.78 is 49.1. The minimum absolute atomic E-state index is 0.0576. The largest absolute Gasteiger partial charge is 0.492 e. The van der Waals surface area contributed by atoms with Gasteiger partial charge in [0.25, 0.3) is 0 Å². The van der Waals surface area contributed by atoms with Crippen LogP contribution in [0.25, 0.3) is 0 Å². The van der Waals surface area contributed by atoms with Crippen molar-refractivity contribution in [2.75, 3.05) is 39.4 Å². The molecule has 3 heterocycles. The fourth-order valence-corrected chi connectivity index (χ4v) is 4.14. The molecule has 3 fully saturated rings. The van der Waals surface area contributed by atoms with Gasteiger partial charge in [0.1, 0.15) is 12.4 Å². The highest BCUT2D eigenvalue weighted by Gasteiger charge is 2.40. The Morgan fingerprint density at radius 1 is 1.27 bits per heavy atom. The van der Waals surface area contributed by atoms with Gasteiger partial charge >= 0.3 is 12.2 Å². The molecule has 1 aromatic carbocycles. The number of hydrogen-bond donors (Lipinski definition) is 1. The average molecular weight is 448 g/mol. The Labute approximate surface area is 176 Å². The second-order valence-electron chi connectivity index (χ2n) is 7.77. The highest BCUT2D eigenvalue weighted by Crippen LogP contribution is 2.35. The number of ether oxygens (including phenoxy) is 2. The predicted molar refractivity (Wildman–Crippen MR) is 100 cm³/mol. The minimum Gasteiger partial charge on any atom is -0.492 e. The number of halogens is 4. The molecule has 1 N–H and O–H groups in total. The van der Waals surface area contributed by atoms with Gasteiger partial charge in [-0.2, -0.15) is 13.2 Å². The lowest BCUT2D eigenvalue weighted by molar-refractivity contribution is -0.140. The zero-order chi connectivity index (χ0) is 21.5. The Hall–Kier alpha value is -2.20. The monoisotopic (exact) mass is 447 g/mol. The Morgan fingerprint density at radius 3 is 2.73 bits per heavy atom. The molecule has 0 bridgehead atoms. The number of piperidine rings is 1. The highest BCUT2D eigenvalue weighted by molar-refractivity contribution is 6.32. The molecule has 2 atom stereocenters. The maximum atomic E-state index is 12.7. The van der Waals surface area contributed by atoms with E-state index in [-0.39, 0.29) is 54.0 Å². The summed E-state index contributed by atoms with van der Waals surface area (Å²) in [5, 5.41) is 2.76. The number of carbonyl (C=O) groups excluding carboxylic acids is 2. The van der Waals surface area contributed by atoms with E-state index in [9.17, 15) is 22.8 Å². The van der Waals surface area contributed by atoms with Gasteiger partial charge in [-0.3, -0.25) is 4.79 Å². The van der Waals surface area contributed by atoms with Gasteiger partial charge in [0.15, 0.2) is 0 Å². The maximum Gasteiger partial charge on any atom is 0.416 e. The summed E-state index contributed by atoms with van der Waals surface area (Å²) in [6.45, 7) is 2.27. The van der Waals surface area contributed by atoms with Crippen LogP contribution in [-0.4, -0.2) is 73.3 Å². The van der Waals surface area contributed by atoms with Gasteiger partial charge in [-0.25, -0.2) is 4.79 Å². The fraction of sp³-hybridized carbons (Fsp3) is 0.579. The van der Waals surface area contributed by atoms with Gasteiger partial charge in [-0.05, 0) is 24.6 Å². The van der Waals surface area contributed by atoms with Crippen LogP contribution in [0.4, 0.5) is 18.0 Å². The molecular formula is C19H21ClF3N3O4. The summed E-state index contributed by atoms with van der Waals surface area (Å²) in [4.78, 5) is 27.6. The van der Waals surface area contributed by atoms with Crippen molar-refractivity contribution < 1.29 is 32.2 Å². The fourth-order valence-electron chi connectivity index (χ4n) is 3.91. The molecular weight excluding hydrogens is 427 g/mol. The van der Waals surface area contributed by atoms with Crippen molar-refractivity contribution in [2.24, 2.45) is 5.92 Å². The van der Waals surface area contributed by atoms with Crippen molar-refractivity contribution in [1.29, 1.82) is 0 Å². The van der Waals surface area contributed by atoms with E-state index in [4.69, 9.17) is 21.1 Å². The van der Waals surface area contributed by atoms with Gasteiger partial charge in [-0.1, -0.05) is 11.6 Å². The zero-order valence-electron chi connectivity index (χ0n) is 16.0. The number of nitrogens with zero attached hydrogens (tertiary/aromatic N) is 2. The van der Waals surface area contributed by atoms with E-state index in [1.54, 1.807) is 9.80 Å². The average Bonchev–Trinajstić information content (AvgIpc) is 2.66. The van der Waals surface area contributed by atoms with Gasteiger partial charge in [-0.15, -0.1) is 0 Å². The molecule has 3 aliphatic rings. The summed E-state index contributed by atoms with van der Waals surface area (Å²) in [5.74, 6) is 0.0840. The van der Waals surface area contributed by atoms with Crippen LogP contribution in [-0.2, 0) is 15.7 Å². The van der Waals surface area contributed by atoms with E-state index in [1.807, 2.05) is 0 Å². The first-order valence-corrected chi connectivity index (χ1v) is 10.0. The number of hydrogen-bond acceptors (Lipinski definition) is 4. The molecule has 0 unspecified atom stereocenters. The normalized spacial score (nSPS) is 24.7. The summed E-state index contributed by atoms with van der Waals surface area (Å²) in [7, 11) is 0. The number of nitrogens with one attached hydrogen (secondary N) is 1. The van der Waals surface area contributed by atoms with Crippen LogP contribution in [0.2, 0.25) is 5.02 Å². The molecule has 3 saturated heterocycles. The number of amides is 3. The second kappa shape index (κ2) is 8.14. The van der Waals surface area contributed by atoms with E-state index < -0.39 is 11.7 Å². The van der Waals surface area contributed by atoms with Crippen LogP contribution in [0.3, 0.4) is 0 Å². The standard InChI is InChI=1S/C19H21ClF3N3O4/c20-13-5-12(19(21,22)23)1-2-15(13)29-9-11-6-26(7-11)18(28)25-4-3-16-14(8-25)24-17(27)10-30-16/h1-2,5,11,14,16H,3-4,6-10H2,(H,24,27)/t14-,16+/m1/s1. The van der Waals surface area contributed by atoms with Crippen LogP contribution in [0.15, 0.2) is 18.2 Å². The van der Waals surface area contributed by atoms with E-state index in [2.05, 4.69) is 5.32 Å². The quantitative estimate of drug-likeness (QED) is 0.772. The Kier molecular flexibility index (Phi) is 5.71.